The van der Waals surface area contributed by atoms with Crippen molar-refractivity contribution in [3.05, 3.63) is 0 Å². The van der Waals surface area contributed by atoms with Gasteiger partial charge in [0.1, 0.15) is 0 Å². The van der Waals surface area contributed by atoms with E-state index in [0.29, 0.717) is 11.8 Å². The van der Waals surface area contributed by atoms with E-state index in [2.05, 4.69) is 18.0 Å². The zero-order chi connectivity index (χ0) is 9.26. The summed E-state index contributed by atoms with van der Waals surface area (Å²) in [4.78, 5) is 2.37. The summed E-state index contributed by atoms with van der Waals surface area (Å²) >= 11 is 0. The summed E-state index contributed by atoms with van der Waals surface area (Å²) in [6.07, 6.45) is 5.10. The third-order valence-electron chi connectivity index (χ3n) is 3.55. The molecule has 2 heteroatoms. The predicted octanol–water partition coefficient (Wildman–Crippen LogP) is 1.88. The Hall–Kier alpha value is -0.550. The van der Waals surface area contributed by atoms with Gasteiger partial charge in [0.25, 0.3) is 0 Å². The zero-order valence-electron chi connectivity index (χ0n) is 8.37. The van der Waals surface area contributed by atoms with Gasteiger partial charge in [-0.1, -0.05) is 0 Å². The monoisotopic (exact) mass is 178 g/mol. The highest BCUT2D eigenvalue weighted by atomic mass is 15.1. The normalized spacial score (nSPS) is 28.3. The maximum absolute atomic E-state index is 9.09. The van der Waals surface area contributed by atoms with Gasteiger partial charge in [-0.25, -0.2) is 0 Å². The van der Waals surface area contributed by atoms with Crippen LogP contribution in [0.1, 0.15) is 25.7 Å². The molecule has 0 bridgehead atoms. The van der Waals surface area contributed by atoms with E-state index in [1.54, 1.807) is 0 Å². The highest BCUT2D eigenvalue weighted by Gasteiger charge is 2.37. The Labute approximate surface area is 80.5 Å². The van der Waals surface area contributed by atoms with Gasteiger partial charge in [0.15, 0.2) is 0 Å². The van der Waals surface area contributed by atoms with Crippen LogP contribution in [0.5, 0.6) is 0 Å². The van der Waals surface area contributed by atoms with Crippen LogP contribution in [-0.4, -0.2) is 25.0 Å². The van der Waals surface area contributed by atoms with Crippen molar-refractivity contribution in [1.29, 1.82) is 5.26 Å². The minimum absolute atomic E-state index is 0.383. The Balaban J connectivity index is 1.88. The fourth-order valence-electron chi connectivity index (χ4n) is 2.44. The fourth-order valence-corrected chi connectivity index (χ4v) is 2.44. The molecule has 1 saturated carbocycles. The number of nitrogens with zero attached hydrogens (tertiary/aromatic N) is 2. The average molecular weight is 178 g/mol. The second kappa shape index (κ2) is 3.67. The van der Waals surface area contributed by atoms with Crippen molar-refractivity contribution >= 4 is 0 Å². The second-order valence-corrected chi connectivity index (χ2v) is 4.63. The number of rotatable bonds is 2. The van der Waals surface area contributed by atoms with Crippen LogP contribution in [0.3, 0.4) is 0 Å². The Morgan fingerprint density at radius 3 is 2.15 bits per heavy atom. The van der Waals surface area contributed by atoms with Crippen LogP contribution in [0.4, 0.5) is 0 Å². The van der Waals surface area contributed by atoms with Gasteiger partial charge in [-0.15, -0.1) is 0 Å². The molecule has 1 atom stereocenters. The van der Waals surface area contributed by atoms with Crippen LogP contribution < -0.4 is 0 Å². The molecule has 2 rings (SSSR count). The van der Waals surface area contributed by atoms with Gasteiger partial charge >= 0.3 is 0 Å². The molecule has 1 aliphatic carbocycles. The predicted molar refractivity (Wildman–Crippen MR) is 52.0 cm³/mol. The summed E-state index contributed by atoms with van der Waals surface area (Å²) in [6, 6.07) is 2.53. The lowest BCUT2D eigenvalue weighted by Crippen LogP contribution is -2.33. The van der Waals surface area contributed by atoms with Crippen molar-refractivity contribution in [2.75, 3.05) is 20.1 Å². The Kier molecular flexibility index (Phi) is 2.55. The number of hydrogen-bond acceptors (Lipinski definition) is 2. The van der Waals surface area contributed by atoms with Crippen LogP contribution in [0.15, 0.2) is 0 Å². The van der Waals surface area contributed by atoms with Crippen LogP contribution >= 0.6 is 0 Å². The average Bonchev–Trinajstić information content (AvgIpc) is 2.93. The van der Waals surface area contributed by atoms with E-state index in [1.807, 2.05) is 0 Å². The molecule has 0 aromatic carbocycles. The molecule has 72 valence electrons. The molecule has 0 aromatic heterocycles. The van der Waals surface area contributed by atoms with Gasteiger partial charge in [0.05, 0.1) is 12.0 Å². The Morgan fingerprint density at radius 2 is 1.69 bits per heavy atom. The lowest BCUT2D eigenvalue weighted by atomic mass is 9.82. The van der Waals surface area contributed by atoms with E-state index in [4.69, 9.17) is 5.26 Å². The van der Waals surface area contributed by atoms with E-state index < -0.39 is 0 Å². The molecule has 1 saturated heterocycles. The standard InChI is InChI=1S/C11H18N2/c1-13-6-4-10(5-7-13)11(8-12)9-2-3-9/h9-11H,2-7H2,1H3. The van der Waals surface area contributed by atoms with Crippen molar-refractivity contribution < 1.29 is 0 Å². The number of hydrogen-bond donors (Lipinski definition) is 0. The topological polar surface area (TPSA) is 27.0 Å². The first-order valence-electron chi connectivity index (χ1n) is 5.39. The first-order valence-corrected chi connectivity index (χ1v) is 5.39. The summed E-state index contributed by atoms with van der Waals surface area (Å²) in [5.74, 6) is 1.85. The number of piperidine rings is 1. The lowest BCUT2D eigenvalue weighted by molar-refractivity contribution is 0.182. The molecular formula is C11H18N2. The van der Waals surface area contributed by atoms with Crippen molar-refractivity contribution in [2.24, 2.45) is 17.8 Å². The van der Waals surface area contributed by atoms with E-state index in [9.17, 15) is 0 Å². The third-order valence-corrected chi connectivity index (χ3v) is 3.55. The van der Waals surface area contributed by atoms with E-state index in [0.717, 1.165) is 5.92 Å². The van der Waals surface area contributed by atoms with Gasteiger partial charge in [-0.3, -0.25) is 0 Å². The van der Waals surface area contributed by atoms with Crippen molar-refractivity contribution in [2.45, 2.75) is 25.7 Å². The molecule has 1 heterocycles. The van der Waals surface area contributed by atoms with E-state index >= 15 is 0 Å². The lowest BCUT2D eigenvalue weighted by Gasteiger charge is -2.31. The highest BCUT2D eigenvalue weighted by Crippen LogP contribution is 2.42. The molecule has 2 nitrogen and oxygen atoms in total. The largest absolute Gasteiger partial charge is 0.306 e. The number of likely N-dealkylation sites (tertiary alicyclic amines) is 1. The Morgan fingerprint density at radius 1 is 1.15 bits per heavy atom. The summed E-state index contributed by atoms with van der Waals surface area (Å²) < 4.78 is 0. The van der Waals surface area contributed by atoms with E-state index in [1.165, 1.54) is 38.8 Å². The zero-order valence-corrected chi connectivity index (χ0v) is 8.37. The maximum Gasteiger partial charge on any atom is 0.0661 e. The van der Waals surface area contributed by atoms with Crippen molar-refractivity contribution in [1.82, 2.24) is 4.90 Å². The summed E-state index contributed by atoms with van der Waals surface area (Å²) in [5, 5.41) is 9.09. The highest BCUT2D eigenvalue weighted by molar-refractivity contribution is 4.99. The minimum atomic E-state index is 0.383. The Bertz CT molecular complexity index is 207. The first-order chi connectivity index (χ1) is 6.31. The molecule has 0 spiro atoms. The van der Waals surface area contributed by atoms with Gasteiger partial charge in [-0.2, -0.15) is 5.26 Å². The van der Waals surface area contributed by atoms with E-state index in [-0.39, 0.29) is 0 Å². The van der Waals surface area contributed by atoms with Crippen LogP contribution in [0, 0.1) is 29.1 Å². The van der Waals surface area contributed by atoms with Gasteiger partial charge in [0, 0.05) is 0 Å². The quantitative estimate of drug-likeness (QED) is 0.645. The second-order valence-electron chi connectivity index (χ2n) is 4.63. The number of nitriles is 1. The van der Waals surface area contributed by atoms with Crippen molar-refractivity contribution in [3.8, 4) is 6.07 Å². The molecule has 2 aliphatic rings. The molecular weight excluding hydrogens is 160 g/mol. The van der Waals surface area contributed by atoms with Crippen LogP contribution in [-0.2, 0) is 0 Å². The molecule has 0 aromatic rings. The third kappa shape index (κ3) is 2.03. The minimum Gasteiger partial charge on any atom is -0.306 e. The first kappa shape index (κ1) is 9.02. The van der Waals surface area contributed by atoms with Crippen LogP contribution in [0.25, 0.3) is 0 Å². The maximum atomic E-state index is 9.09. The summed E-state index contributed by atoms with van der Waals surface area (Å²) in [6.45, 7) is 2.38. The SMILES string of the molecule is CN1CCC(C(C#N)C2CC2)CC1. The molecule has 2 fully saturated rings. The fraction of sp³-hybridized carbons (Fsp3) is 0.909. The molecule has 0 amide bonds. The molecule has 0 radical (unpaired) electrons. The molecule has 1 aliphatic heterocycles. The summed E-state index contributed by atoms with van der Waals surface area (Å²) in [5.41, 5.74) is 0. The van der Waals surface area contributed by atoms with Crippen molar-refractivity contribution in [3.63, 3.8) is 0 Å². The van der Waals surface area contributed by atoms with Gasteiger partial charge < -0.3 is 4.90 Å². The molecule has 1 unspecified atom stereocenters. The van der Waals surface area contributed by atoms with Gasteiger partial charge in [0.2, 0.25) is 0 Å². The molecule has 0 N–H and O–H groups in total. The van der Waals surface area contributed by atoms with Gasteiger partial charge in [-0.05, 0) is 57.7 Å². The van der Waals surface area contributed by atoms with Crippen LogP contribution in [0.2, 0.25) is 0 Å². The summed E-state index contributed by atoms with van der Waals surface area (Å²) in [7, 11) is 2.18. The molecule has 13 heavy (non-hydrogen) atoms. The smallest absolute Gasteiger partial charge is 0.0661 e.